The Kier molecular flexibility index (Phi) is 6.11. The van der Waals surface area contributed by atoms with Crippen LogP contribution in [0.3, 0.4) is 0 Å². The molecule has 6 nitrogen and oxygen atoms in total. The van der Waals surface area contributed by atoms with Crippen molar-refractivity contribution in [3.63, 3.8) is 0 Å². The van der Waals surface area contributed by atoms with Crippen LogP contribution in [0.15, 0.2) is 24.3 Å². The molecule has 0 saturated carbocycles. The Morgan fingerprint density at radius 1 is 1.17 bits per heavy atom. The van der Waals surface area contributed by atoms with Crippen molar-refractivity contribution in [2.24, 2.45) is 0 Å². The van der Waals surface area contributed by atoms with E-state index >= 15 is 0 Å². The number of carbonyl (C=O) groups is 3. The zero-order valence-electron chi connectivity index (χ0n) is 11.8. The second kappa shape index (κ2) is 7.61. The highest BCUT2D eigenvalue weighted by molar-refractivity contribution is 5.85. The Bertz CT molecular complexity index is 600. The van der Waals surface area contributed by atoms with E-state index in [1.54, 1.807) is 0 Å². The van der Waals surface area contributed by atoms with Gasteiger partial charge in [0.1, 0.15) is 6.04 Å². The highest BCUT2D eigenvalue weighted by atomic mass is 19.4. The van der Waals surface area contributed by atoms with Crippen LogP contribution in [0.4, 0.5) is 13.2 Å². The van der Waals surface area contributed by atoms with Crippen LogP contribution in [0.1, 0.15) is 24.0 Å². The van der Waals surface area contributed by atoms with E-state index in [-0.39, 0.29) is 12.0 Å². The molecule has 0 aliphatic carbocycles. The van der Waals surface area contributed by atoms with Gasteiger partial charge in [-0.15, -0.1) is 0 Å². The molecule has 1 aromatic carbocycles. The largest absolute Gasteiger partial charge is 0.481 e. The average Bonchev–Trinajstić information content (AvgIpc) is 2.42. The fourth-order valence-corrected chi connectivity index (χ4v) is 1.81. The van der Waals surface area contributed by atoms with Gasteiger partial charge in [-0.1, -0.05) is 18.2 Å². The van der Waals surface area contributed by atoms with Crippen molar-refractivity contribution in [3.05, 3.63) is 35.4 Å². The highest BCUT2D eigenvalue weighted by Crippen LogP contribution is 2.29. The molecule has 1 aromatic rings. The predicted molar refractivity (Wildman–Crippen MR) is 71.6 cm³/mol. The Morgan fingerprint density at radius 2 is 1.83 bits per heavy atom. The van der Waals surface area contributed by atoms with E-state index in [1.165, 1.54) is 6.07 Å². The minimum atomic E-state index is -4.54. The summed E-state index contributed by atoms with van der Waals surface area (Å²) in [4.78, 5) is 33.1. The number of carboxylic acid groups (broad SMARTS) is 2. The van der Waals surface area contributed by atoms with Gasteiger partial charge in [-0.3, -0.25) is 9.59 Å². The third-order valence-corrected chi connectivity index (χ3v) is 2.90. The van der Waals surface area contributed by atoms with E-state index in [9.17, 15) is 27.6 Å². The van der Waals surface area contributed by atoms with Crippen LogP contribution < -0.4 is 5.32 Å². The number of alkyl halides is 3. The number of carbonyl (C=O) groups excluding carboxylic acids is 1. The SMILES string of the molecule is O=C(O)CCC(NC(=O)Cc1cccc(C(F)(F)F)c1)C(=O)O. The minimum absolute atomic E-state index is 0.0692. The Morgan fingerprint density at radius 3 is 2.35 bits per heavy atom. The number of hydrogen-bond acceptors (Lipinski definition) is 3. The maximum Gasteiger partial charge on any atom is 0.416 e. The lowest BCUT2D eigenvalue weighted by molar-refractivity contribution is -0.143. The van der Waals surface area contributed by atoms with Gasteiger partial charge in [0.2, 0.25) is 5.91 Å². The first-order chi connectivity index (χ1) is 10.6. The summed E-state index contributed by atoms with van der Waals surface area (Å²) >= 11 is 0. The van der Waals surface area contributed by atoms with E-state index in [2.05, 4.69) is 5.32 Å². The van der Waals surface area contributed by atoms with Crippen molar-refractivity contribution in [1.82, 2.24) is 5.32 Å². The van der Waals surface area contributed by atoms with Crippen LogP contribution in [0, 0.1) is 0 Å². The molecular weight excluding hydrogens is 319 g/mol. The van der Waals surface area contributed by atoms with Crippen LogP contribution in [-0.4, -0.2) is 34.1 Å². The van der Waals surface area contributed by atoms with Crippen LogP contribution in [0.25, 0.3) is 0 Å². The number of amides is 1. The van der Waals surface area contributed by atoms with Gasteiger partial charge in [-0.2, -0.15) is 13.2 Å². The summed E-state index contributed by atoms with van der Waals surface area (Å²) in [6, 6.07) is 2.69. The third-order valence-electron chi connectivity index (χ3n) is 2.90. The molecule has 0 heterocycles. The molecule has 1 atom stereocenters. The summed E-state index contributed by atoms with van der Waals surface area (Å²) in [6.07, 6.45) is -5.77. The standard InChI is InChI=1S/C14H14F3NO5/c15-14(16,17)9-3-1-2-8(6-9)7-11(19)18-10(13(22)23)4-5-12(20)21/h1-3,6,10H,4-5,7H2,(H,18,19)(H,20,21)(H,22,23). The maximum absolute atomic E-state index is 12.6. The molecule has 0 spiro atoms. The number of aliphatic carboxylic acids is 2. The lowest BCUT2D eigenvalue weighted by atomic mass is 10.1. The monoisotopic (exact) mass is 333 g/mol. The van der Waals surface area contributed by atoms with Gasteiger partial charge in [0, 0.05) is 6.42 Å². The summed E-state index contributed by atoms with van der Waals surface area (Å²) in [5, 5.41) is 19.5. The normalized spacial score (nSPS) is 12.5. The average molecular weight is 333 g/mol. The van der Waals surface area contributed by atoms with Crippen LogP contribution in [-0.2, 0) is 27.0 Å². The molecule has 3 N–H and O–H groups in total. The lowest BCUT2D eigenvalue weighted by Gasteiger charge is -2.14. The van der Waals surface area contributed by atoms with Gasteiger partial charge in [0.05, 0.1) is 12.0 Å². The Balaban J connectivity index is 2.71. The molecule has 23 heavy (non-hydrogen) atoms. The maximum atomic E-state index is 12.6. The van der Waals surface area contributed by atoms with Crippen molar-refractivity contribution in [2.75, 3.05) is 0 Å². The van der Waals surface area contributed by atoms with Gasteiger partial charge in [-0.25, -0.2) is 4.79 Å². The number of rotatable bonds is 7. The van der Waals surface area contributed by atoms with Crippen molar-refractivity contribution < 1.29 is 37.8 Å². The molecule has 126 valence electrons. The van der Waals surface area contributed by atoms with Crippen molar-refractivity contribution in [1.29, 1.82) is 0 Å². The quantitative estimate of drug-likeness (QED) is 0.704. The highest BCUT2D eigenvalue weighted by Gasteiger charge is 2.30. The van der Waals surface area contributed by atoms with Gasteiger partial charge < -0.3 is 15.5 Å². The fraction of sp³-hybridized carbons (Fsp3) is 0.357. The van der Waals surface area contributed by atoms with Crippen molar-refractivity contribution >= 4 is 17.8 Å². The molecule has 1 rings (SSSR count). The predicted octanol–water partition coefficient (Wildman–Crippen LogP) is 1.68. The summed E-state index contributed by atoms with van der Waals surface area (Å²) < 4.78 is 37.7. The molecule has 0 aromatic heterocycles. The number of nitrogens with one attached hydrogen (secondary N) is 1. The van der Waals surface area contributed by atoms with E-state index in [4.69, 9.17) is 10.2 Å². The first-order valence-corrected chi connectivity index (χ1v) is 6.49. The summed E-state index contributed by atoms with van der Waals surface area (Å²) in [5.41, 5.74) is -0.844. The zero-order chi connectivity index (χ0) is 17.6. The first kappa shape index (κ1) is 18.5. The van der Waals surface area contributed by atoms with Crippen molar-refractivity contribution in [2.45, 2.75) is 31.5 Å². The van der Waals surface area contributed by atoms with Gasteiger partial charge in [-0.05, 0) is 18.1 Å². The molecule has 0 saturated heterocycles. The molecule has 0 aliphatic rings. The molecule has 1 amide bonds. The van der Waals surface area contributed by atoms with Gasteiger partial charge >= 0.3 is 18.1 Å². The number of hydrogen-bond donors (Lipinski definition) is 3. The van der Waals surface area contributed by atoms with Crippen LogP contribution in [0.5, 0.6) is 0 Å². The van der Waals surface area contributed by atoms with Crippen molar-refractivity contribution in [3.8, 4) is 0 Å². The van der Waals surface area contributed by atoms with Gasteiger partial charge in [0.15, 0.2) is 0 Å². The topological polar surface area (TPSA) is 104 Å². The lowest BCUT2D eigenvalue weighted by Crippen LogP contribution is -2.41. The Hall–Kier alpha value is -2.58. The number of carboxylic acids is 2. The van der Waals surface area contributed by atoms with Gasteiger partial charge in [0.25, 0.3) is 0 Å². The Labute approximate surface area is 128 Å². The smallest absolute Gasteiger partial charge is 0.416 e. The van der Waals surface area contributed by atoms with Crippen LogP contribution >= 0.6 is 0 Å². The molecular formula is C14H14F3NO5. The molecule has 0 aliphatic heterocycles. The first-order valence-electron chi connectivity index (χ1n) is 6.49. The summed E-state index contributed by atoms with van der Waals surface area (Å²) in [6.45, 7) is 0. The third kappa shape index (κ3) is 6.37. The molecule has 1 unspecified atom stereocenters. The minimum Gasteiger partial charge on any atom is -0.481 e. The second-order valence-electron chi connectivity index (χ2n) is 4.77. The molecule has 9 heteroatoms. The summed E-state index contributed by atoms with van der Waals surface area (Å²) in [7, 11) is 0. The van der Waals surface area contributed by atoms with Crippen LogP contribution in [0.2, 0.25) is 0 Å². The number of benzene rings is 1. The second-order valence-corrected chi connectivity index (χ2v) is 4.77. The van der Waals surface area contributed by atoms with E-state index in [0.717, 1.165) is 18.2 Å². The zero-order valence-corrected chi connectivity index (χ0v) is 11.8. The fourth-order valence-electron chi connectivity index (χ4n) is 1.81. The molecule has 0 fully saturated rings. The van der Waals surface area contributed by atoms with E-state index in [0.29, 0.717) is 0 Å². The van der Waals surface area contributed by atoms with E-state index < -0.39 is 48.5 Å². The van der Waals surface area contributed by atoms with E-state index in [1.807, 2.05) is 0 Å². The number of halogens is 3. The summed E-state index contributed by atoms with van der Waals surface area (Å²) in [5.74, 6) is -3.44. The molecule has 0 bridgehead atoms. The molecule has 0 radical (unpaired) electrons.